The second-order valence-electron chi connectivity index (χ2n) is 5.38. The average molecular weight is 314 g/mol. The molecule has 0 aromatic rings. The number of carbonyl (C=O) groups excluding carboxylic acids is 4. The largest absolute Gasteiger partial charge is 0.468 e. The SMILES string of the molecule is CCSC(C)CC1CC(=O)C(C(C)=O)C(=O)C1C(=O)OC. The molecular weight excluding hydrogens is 292 g/mol. The van der Waals surface area contributed by atoms with Crippen molar-refractivity contribution in [1.29, 1.82) is 0 Å². The predicted molar refractivity (Wildman–Crippen MR) is 80.0 cm³/mol. The third-order valence-electron chi connectivity index (χ3n) is 3.80. The van der Waals surface area contributed by atoms with Gasteiger partial charge in [-0.15, -0.1) is 0 Å². The Balaban J connectivity index is 3.01. The molecular formula is C15H22O5S. The van der Waals surface area contributed by atoms with E-state index < -0.39 is 29.4 Å². The van der Waals surface area contributed by atoms with Crippen LogP contribution >= 0.6 is 11.8 Å². The summed E-state index contributed by atoms with van der Waals surface area (Å²) in [5, 5.41) is 0.238. The van der Waals surface area contributed by atoms with Crippen LogP contribution in [0.15, 0.2) is 0 Å². The van der Waals surface area contributed by atoms with Crippen molar-refractivity contribution in [1.82, 2.24) is 0 Å². The fourth-order valence-corrected chi connectivity index (χ4v) is 3.88. The van der Waals surface area contributed by atoms with Crippen molar-refractivity contribution in [3.05, 3.63) is 0 Å². The van der Waals surface area contributed by atoms with Gasteiger partial charge in [0.25, 0.3) is 0 Å². The van der Waals surface area contributed by atoms with Gasteiger partial charge in [0.1, 0.15) is 17.6 Å². The van der Waals surface area contributed by atoms with E-state index in [-0.39, 0.29) is 23.4 Å². The Kier molecular flexibility index (Phi) is 6.58. The summed E-state index contributed by atoms with van der Waals surface area (Å²) < 4.78 is 4.71. The topological polar surface area (TPSA) is 77.5 Å². The molecule has 6 heteroatoms. The summed E-state index contributed by atoms with van der Waals surface area (Å²) in [5.41, 5.74) is 0. The van der Waals surface area contributed by atoms with Gasteiger partial charge in [-0.25, -0.2) is 0 Å². The molecule has 4 atom stereocenters. The summed E-state index contributed by atoms with van der Waals surface area (Å²) in [6.07, 6.45) is 0.671. The van der Waals surface area contributed by atoms with Gasteiger partial charge in [-0.1, -0.05) is 13.8 Å². The van der Waals surface area contributed by atoms with Crippen LogP contribution in [0.4, 0.5) is 0 Å². The van der Waals surface area contributed by atoms with Crippen LogP contribution in [0.3, 0.4) is 0 Å². The normalized spacial score (nSPS) is 27.3. The van der Waals surface area contributed by atoms with Gasteiger partial charge >= 0.3 is 5.97 Å². The lowest BCUT2D eigenvalue weighted by Crippen LogP contribution is -2.48. The lowest BCUT2D eigenvalue weighted by atomic mass is 9.69. The molecule has 0 amide bonds. The number of ether oxygens (including phenoxy) is 1. The number of rotatable bonds is 6. The molecule has 0 aliphatic heterocycles. The standard InChI is InChI=1S/C15H22O5S/c1-5-21-8(2)6-10-7-11(17)12(9(3)16)14(18)13(10)15(19)20-4/h8,10,12-13H,5-7H2,1-4H3. The van der Waals surface area contributed by atoms with Gasteiger partial charge in [0.2, 0.25) is 0 Å². The predicted octanol–water partition coefficient (Wildman–Crippen LogP) is 1.67. The van der Waals surface area contributed by atoms with Crippen molar-refractivity contribution in [2.24, 2.45) is 17.8 Å². The second-order valence-corrected chi connectivity index (χ2v) is 7.09. The van der Waals surface area contributed by atoms with Crippen molar-refractivity contribution in [2.75, 3.05) is 12.9 Å². The van der Waals surface area contributed by atoms with E-state index in [0.29, 0.717) is 6.42 Å². The van der Waals surface area contributed by atoms with E-state index >= 15 is 0 Å². The van der Waals surface area contributed by atoms with Crippen LogP contribution in [0, 0.1) is 17.8 Å². The van der Waals surface area contributed by atoms with Gasteiger partial charge in [-0.2, -0.15) is 11.8 Å². The van der Waals surface area contributed by atoms with Gasteiger partial charge in [-0.05, 0) is 25.0 Å². The molecule has 0 N–H and O–H groups in total. The molecule has 21 heavy (non-hydrogen) atoms. The van der Waals surface area contributed by atoms with E-state index in [2.05, 4.69) is 0 Å². The Labute approximate surface area is 129 Å². The van der Waals surface area contributed by atoms with Crippen LogP contribution in [0.2, 0.25) is 0 Å². The Morgan fingerprint density at radius 3 is 2.48 bits per heavy atom. The molecule has 0 aromatic carbocycles. The van der Waals surface area contributed by atoms with E-state index in [9.17, 15) is 19.2 Å². The lowest BCUT2D eigenvalue weighted by molar-refractivity contribution is -0.157. The number of hydrogen-bond acceptors (Lipinski definition) is 6. The molecule has 1 rings (SSSR count). The maximum absolute atomic E-state index is 12.4. The highest BCUT2D eigenvalue weighted by molar-refractivity contribution is 7.99. The summed E-state index contributed by atoms with van der Waals surface area (Å²) in [4.78, 5) is 47.9. The molecule has 1 saturated carbocycles. The minimum atomic E-state index is -1.29. The first-order chi connectivity index (χ1) is 9.83. The monoisotopic (exact) mass is 314 g/mol. The lowest BCUT2D eigenvalue weighted by Gasteiger charge is -2.32. The molecule has 0 saturated heterocycles. The Hall–Kier alpha value is -1.17. The summed E-state index contributed by atoms with van der Waals surface area (Å²) in [5.74, 6) is -3.83. The van der Waals surface area contributed by atoms with Gasteiger partial charge in [-0.3, -0.25) is 19.2 Å². The molecule has 1 fully saturated rings. The number of carbonyl (C=O) groups is 4. The zero-order valence-electron chi connectivity index (χ0n) is 12.9. The smallest absolute Gasteiger partial charge is 0.316 e. The maximum Gasteiger partial charge on any atom is 0.316 e. The fourth-order valence-electron chi connectivity index (χ4n) is 2.93. The van der Waals surface area contributed by atoms with E-state index in [1.807, 2.05) is 13.8 Å². The number of Topliss-reactive ketones (excluding diaryl/α,β-unsaturated/α-hetero) is 3. The minimum Gasteiger partial charge on any atom is -0.468 e. The molecule has 4 unspecified atom stereocenters. The van der Waals surface area contributed by atoms with Crippen LogP contribution in [-0.2, 0) is 23.9 Å². The van der Waals surface area contributed by atoms with Crippen LogP contribution < -0.4 is 0 Å². The van der Waals surface area contributed by atoms with Crippen LogP contribution in [0.25, 0.3) is 0 Å². The first kappa shape index (κ1) is 17.9. The molecule has 118 valence electrons. The van der Waals surface area contributed by atoms with Gasteiger partial charge in [0.15, 0.2) is 11.6 Å². The highest BCUT2D eigenvalue weighted by Gasteiger charge is 2.49. The number of hydrogen-bond donors (Lipinski definition) is 0. The zero-order valence-corrected chi connectivity index (χ0v) is 13.7. The summed E-state index contributed by atoms with van der Waals surface area (Å²) >= 11 is 1.71. The first-order valence-electron chi connectivity index (χ1n) is 7.09. The highest BCUT2D eigenvalue weighted by Crippen LogP contribution is 2.35. The second kappa shape index (κ2) is 7.73. The average Bonchev–Trinajstić information content (AvgIpc) is 2.37. The molecule has 0 aromatic heterocycles. The fraction of sp³-hybridized carbons (Fsp3) is 0.733. The van der Waals surface area contributed by atoms with Gasteiger partial charge < -0.3 is 4.74 Å². The van der Waals surface area contributed by atoms with E-state index in [0.717, 1.165) is 5.75 Å². The molecule has 0 radical (unpaired) electrons. The van der Waals surface area contributed by atoms with Crippen molar-refractivity contribution in [3.63, 3.8) is 0 Å². The Bertz CT molecular complexity index is 445. The van der Waals surface area contributed by atoms with Crippen molar-refractivity contribution >= 4 is 35.1 Å². The molecule has 0 bridgehead atoms. The molecule has 1 aliphatic rings. The van der Waals surface area contributed by atoms with Crippen molar-refractivity contribution < 1.29 is 23.9 Å². The van der Waals surface area contributed by atoms with E-state index in [1.54, 1.807) is 11.8 Å². The van der Waals surface area contributed by atoms with Gasteiger partial charge in [0, 0.05) is 11.7 Å². The summed E-state index contributed by atoms with van der Waals surface area (Å²) in [7, 11) is 1.22. The number of esters is 1. The first-order valence-corrected chi connectivity index (χ1v) is 8.14. The van der Waals surface area contributed by atoms with Crippen molar-refractivity contribution in [2.45, 2.75) is 38.9 Å². The van der Waals surface area contributed by atoms with Crippen LogP contribution in [0.1, 0.15) is 33.6 Å². The number of ketones is 3. The van der Waals surface area contributed by atoms with E-state index in [1.165, 1.54) is 14.0 Å². The minimum absolute atomic E-state index is 0.0877. The maximum atomic E-state index is 12.4. The number of thioether (sulfide) groups is 1. The third kappa shape index (κ3) is 4.15. The van der Waals surface area contributed by atoms with Crippen LogP contribution in [-0.4, -0.2) is 41.4 Å². The van der Waals surface area contributed by atoms with Gasteiger partial charge in [0.05, 0.1) is 7.11 Å². The van der Waals surface area contributed by atoms with E-state index in [4.69, 9.17) is 4.74 Å². The quantitative estimate of drug-likeness (QED) is 0.548. The van der Waals surface area contributed by atoms with Crippen LogP contribution in [0.5, 0.6) is 0 Å². The third-order valence-corrected chi connectivity index (χ3v) is 4.89. The van der Waals surface area contributed by atoms with Crippen molar-refractivity contribution in [3.8, 4) is 0 Å². The molecule has 5 nitrogen and oxygen atoms in total. The summed E-state index contributed by atoms with van der Waals surface area (Å²) in [6.45, 7) is 5.25. The number of methoxy groups -OCH3 is 1. The molecule has 0 heterocycles. The zero-order chi connectivity index (χ0) is 16.2. The highest BCUT2D eigenvalue weighted by atomic mass is 32.2. The summed E-state index contributed by atoms with van der Waals surface area (Å²) in [6, 6.07) is 0. The Morgan fingerprint density at radius 2 is 2.00 bits per heavy atom. The molecule has 1 aliphatic carbocycles. The Morgan fingerprint density at radius 1 is 1.38 bits per heavy atom. The molecule has 0 spiro atoms.